The number of urea groups is 1. The van der Waals surface area contributed by atoms with Crippen molar-refractivity contribution < 1.29 is 28.7 Å². The van der Waals surface area contributed by atoms with Gasteiger partial charge in [0.15, 0.2) is 6.61 Å². The van der Waals surface area contributed by atoms with Crippen molar-refractivity contribution in [2.75, 3.05) is 16.8 Å². The van der Waals surface area contributed by atoms with Crippen molar-refractivity contribution in [3.8, 4) is 11.5 Å². The van der Waals surface area contributed by atoms with E-state index in [1.54, 1.807) is 48.5 Å². The summed E-state index contributed by atoms with van der Waals surface area (Å²) in [7, 11) is 0. The number of carbonyl (C=O) groups excluding carboxylic acids is 4. The van der Waals surface area contributed by atoms with E-state index in [0.29, 0.717) is 28.6 Å². The molecule has 1 aliphatic heterocycles. The summed E-state index contributed by atoms with van der Waals surface area (Å²) in [6.45, 7) is 1.89. The average Bonchev–Trinajstić information content (AvgIpc) is 3.00. The van der Waals surface area contributed by atoms with Gasteiger partial charge in [-0.25, -0.2) is 9.69 Å². The molecule has 0 atom stereocenters. The molecule has 0 spiro atoms. The molecule has 0 aliphatic carbocycles. The SMILES string of the molecule is Cc1ccc(NC(=O)COc2ccc(/C=C3/C(=O)NC(=O)N(c4ccc(OCc5ccccc5)cc4)C3=O)cc2Cl)cc1Cl. The van der Waals surface area contributed by atoms with Crippen LogP contribution in [-0.4, -0.2) is 30.4 Å². The maximum Gasteiger partial charge on any atom is 0.335 e. The summed E-state index contributed by atoms with van der Waals surface area (Å²) in [6, 6.07) is 24.8. The zero-order valence-electron chi connectivity index (χ0n) is 23.3. The largest absolute Gasteiger partial charge is 0.489 e. The van der Waals surface area contributed by atoms with Crippen molar-refractivity contribution in [2.45, 2.75) is 13.5 Å². The van der Waals surface area contributed by atoms with E-state index >= 15 is 0 Å². The lowest BCUT2D eigenvalue weighted by molar-refractivity contribution is -0.122. The third-order valence-corrected chi connectivity index (χ3v) is 7.23. The van der Waals surface area contributed by atoms with E-state index in [4.69, 9.17) is 32.7 Å². The third-order valence-electron chi connectivity index (χ3n) is 6.53. The highest BCUT2D eigenvalue weighted by Gasteiger charge is 2.36. The molecule has 222 valence electrons. The molecule has 1 heterocycles. The molecule has 4 aromatic carbocycles. The van der Waals surface area contributed by atoms with Crippen LogP contribution in [0.4, 0.5) is 16.2 Å². The Morgan fingerprint density at radius 3 is 2.34 bits per heavy atom. The van der Waals surface area contributed by atoms with Gasteiger partial charge in [0.05, 0.1) is 10.7 Å². The van der Waals surface area contributed by atoms with Crippen LogP contribution in [-0.2, 0) is 21.0 Å². The molecule has 5 amide bonds. The maximum absolute atomic E-state index is 13.3. The summed E-state index contributed by atoms with van der Waals surface area (Å²) in [6.07, 6.45) is 1.32. The maximum atomic E-state index is 13.3. The number of rotatable bonds is 9. The number of amides is 5. The van der Waals surface area contributed by atoms with Gasteiger partial charge in [-0.2, -0.15) is 0 Å². The van der Waals surface area contributed by atoms with Crippen molar-refractivity contribution >= 4 is 64.4 Å². The number of carbonyl (C=O) groups is 4. The second-order valence-corrected chi connectivity index (χ2v) is 10.5. The summed E-state index contributed by atoms with van der Waals surface area (Å²) in [5, 5.41) is 5.55. The predicted molar refractivity (Wildman–Crippen MR) is 168 cm³/mol. The number of benzene rings is 4. The van der Waals surface area contributed by atoms with Gasteiger partial charge < -0.3 is 14.8 Å². The van der Waals surface area contributed by atoms with Crippen LogP contribution in [0.5, 0.6) is 11.5 Å². The highest BCUT2D eigenvalue weighted by molar-refractivity contribution is 6.39. The zero-order valence-corrected chi connectivity index (χ0v) is 24.8. The topological polar surface area (TPSA) is 114 Å². The second-order valence-electron chi connectivity index (χ2n) is 9.72. The molecule has 0 saturated carbocycles. The number of imide groups is 2. The normalized spacial score (nSPS) is 13.9. The summed E-state index contributed by atoms with van der Waals surface area (Å²) in [5.74, 6) is -1.30. The Hall–Kier alpha value is -5.12. The van der Waals surface area contributed by atoms with Crippen LogP contribution in [0.1, 0.15) is 16.7 Å². The summed E-state index contributed by atoms with van der Waals surface area (Å²) in [4.78, 5) is 51.7. The van der Waals surface area contributed by atoms with Crippen LogP contribution in [0.2, 0.25) is 10.0 Å². The fraction of sp³-hybridized carbons (Fsp3) is 0.0909. The number of halogens is 2. The quantitative estimate of drug-likeness (QED) is 0.160. The molecule has 1 saturated heterocycles. The molecule has 0 radical (unpaired) electrons. The van der Waals surface area contributed by atoms with E-state index in [0.717, 1.165) is 16.0 Å². The highest BCUT2D eigenvalue weighted by atomic mass is 35.5. The first-order chi connectivity index (χ1) is 21.2. The van der Waals surface area contributed by atoms with Crippen LogP contribution in [0.25, 0.3) is 6.08 Å². The van der Waals surface area contributed by atoms with E-state index in [9.17, 15) is 19.2 Å². The number of nitrogens with zero attached hydrogens (tertiary/aromatic N) is 1. The first kappa shape index (κ1) is 30.3. The van der Waals surface area contributed by atoms with Crippen LogP contribution >= 0.6 is 23.2 Å². The molecule has 0 bridgehead atoms. The van der Waals surface area contributed by atoms with Gasteiger partial charge in [-0.3, -0.25) is 19.7 Å². The number of barbiturate groups is 1. The number of anilines is 2. The standard InChI is InChI=1S/C33H25Cl2N3O6/c1-20-7-9-23(17-27(20)34)36-30(39)19-44-29-14-8-22(16-28(29)35)15-26-31(40)37-33(42)38(32(26)41)24-10-12-25(13-11-24)43-18-21-5-3-2-4-6-21/h2-17H,18-19H2,1H3,(H,36,39)(H,37,40,42)/b26-15-. The Morgan fingerprint density at radius 1 is 0.886 bits per heavy atom. The fourth-order valence-electron chi connectivity index (χ4n) is 4.23. The van der Waals surface area contributed by atoms with Gasteiger partial charge in [-0.15, -0.1) is 0 Å². The van der Waals surface area contributed by atoms with Gasteiger partial charge >= 0.3 is 6.03 Å². The summed E-state index contributed by atoms with van der Waals surface area (Å²) < 4.78 is 11.3. The molecule has 4 aromatic rings. The third kappa shape index (κ3) is 7.26. The van der Waals surface area contributed by atoms with Crippen LogP contribution in [0.15, 0.2) is 96.6 Å². The molecule has 2 N–H and O–H groups in total. The van der Waals surface area contributed by atoms with Gasteiger partial charge in [0.1, 0.15) is 23.7 Å². The number of aryl methyl sites for hydroxylation is 1. The van der Waals surface area contributed by atoms with Crippen molar-refractivity contribution in [3.63, 3.8) is 0 Å². The minimum Gasteiger partial charge on any atom is -0.489 e. The summed E-state index contributed by atoms with van der Waals surface area (Å²) in [5.41, 5.74) is 2.79. The van der Waals surface area contributed by atoms with Gasteiger partial charge in [0.2, 0.25) is 0 Å². The van der Waals surface area contributed by atoms with E-state index < -0.39 is 23.8 Å². The van der Waals surface area contributed by atoms with Crippen molar-refractivity contribution in [3.05, 3.63) is 123 Å². The Labute approximate surface area is 263 Å². The number of nitrogens with one attached hydrogen (secondary N) is 2. The molecule has 9 nitrogen and oxygen atoms in total. The van der Waals surface area contributed by atoms with Gasteiger partial charge in [0.25, 0.3) is 17.7 Å². The molecule has 1 aliphatic rings. The average molecular weight is 630 g/mol. The molecule has 44 heavy (non-hydrogen) atoms. The molecule has 0 aromatic heterocycles. The lowest BCUT2D eigenvalue weighted by atomic mass is 10.1. The Bertz CT molecular complexity index is 1770. The molecular weight excluding hydrogens is 605 g/mol. The zero-order chi connectivity index (χ0) is 31.2. The van der Waals surface area contributed by atoms with Gasteiger partial charge in [-0.1, -0.05) is 65.7 Å². The molecule has 11 heteroatoms. The number of ether oxygens (including phenoxy) is 2. The number of hydrogen-bond donors (Lipinski definition) is 2. The van der Waals surface area contributed by atoms with Crippen LogP contribution in [0.3, 0.4) is 0 Å². The Morgan fingerprint density at radius 2 is 1.64 bits per heavy atom. The monoisotopic (exact) mass is 629 g/mol. The minimum atomic E-state index is -0.872. The first-order valence-corrected chi connectivity index (χ1v) is 14.1. The lowest BCUT2D eigenvalue weighted by Gasteiger charge is -2.26. The lowest BCUT2D eigenvalue weighted by Crippen LogP contribution is -2.54. The van der Waals surface area contributed by atoms with Gasteiger partial charge in [0, 0.05) is 10.7 Å². The Balaban J connectivity index is 1.24. The van der Waals surface area contributed by atoms with Crippen LogP contribution in [0, 0.1) is 6.92 Å². The van der Waals surface area contributed by atoms with E-state index in [1.807, 2.05) is 37.3 Å². The second kappa shape index (κ2) is 13.5. The summed E-state index contributed by atoms with van der Waals surface area (Å²) >= 11 is 12.5. The van der Waals surface area contributed by atoms with Crippen LogP contribution < -0.4 is 25.0 Å². The van der Waals surface area contributed by atoms with Crippen molar-refractivity contribution in [1.82, 2.24) is 5.32 Å². The van der Waals surface area contributed by atoms with Crippen molar-refractivity contribution in [1.29, 1.82) is 0 Å². The molecule has 1 fully saturated rings. The van der Waals surface area contributed by atoms with Crippen molar-refractivity contribution in [2.24, 2.45) is 0 Å². The fourth-order valence-corrected chi connectivity index (χ4v) is 4.65. The van der Waals surface area contributed by atoms with E-state index in [1.165, 1.54) is 18.2 Å². The molecule has 0 unspecified atom stereocenters. The van der Waals surface area contributed by atoms with E-state index in [-0.39, 0.29) is 28.6 Å². The predicted octanol–water partition coefficient (Wildman–Crippen LogP) is 6.56. The first-order valence-electron chi connectivity index (χ1n) is 13.3. The molecule has 5 rings (SSSR count). The molecular formula is C33H25Cl2N3O6. The van der Waals surface area contributed by atoms with E-state index in [2.05, 4.69) is 10.6 Å². The smallest absolute Gasteiger partial charge is 0.335 e. The highest BCUT2D eigenvalue weighted by Crippen LogP contribution is 2.29. The number of hydrogen-bond acceptors (Lipinski definition) is 6. The van der Waals surface area contributed by atoms with Gasteiger partial charge in [-0.05, 0) is 78.2 Å². The Kier molecular flexibility index (Phi) is 9.28. The minimum absolute atomic E-state index is 0.147.